The number of pyridine rings is 1. The molecule has 0 fully saturated rings. The first-order chi connectivity index (χ1) is 12.0. The lowest BCUT2D eigenvalue weighted by Gasteiger charge is -2.07. The van der Waals surface area contributed by atoms with Gasteiger partial charge in [-0.25, -0.2) is 9.78 Å². The molecule has 0 aliphatic carbocycles. The van der Waals surface area contributed by atoms with Gasteiger partial charge in [0.2, 0.25) is 0 Å². The molecule has 4 rings (SSSR count). The van der Waals surface area contributed by atoms with Gasteiger partial charge in [-0.1, -0.05) is 11.6 Å². The topological polar surface area (TPSA) is 72.6 Å². The number of fused-ring (bicyclic) bond motifs is 2. The van der Waals surface area contributed by atoms with Gasteiger partial charge < -0.3 is 14.3 Å². The van der Waals surface area contributed by atoms with Crippen molar-refractivity contribution in [1.82, 2.24) is 4.98 Å². The lowest BCUT2D eigenvalue weighted by molar-refractivity contribution is 0.0699. The number of aromatic nitrogens is 1. The number of hydrogen-bond acceptors (Lipinski definition) is 4. The lowest BCUT2D eigenvalue weighted by Crippen LogP contribution is -2.00. The van der Waals surface area contributed by atoms with Gasteiger partial charge in [0.05, 0.1) is 18.2 Å². The molecule has 0 saturated carbocycles. The van der Waals surface area contributed by atoms with Crippen LogP contribution in [0.5, 0.6) is 5.75 Å². The summed E-state index contributed by atoms with van der Waals surface area (Å²) in [5.74, 6) is 0.0153. The molecule has 0 unspecified atom stereocenters. The fourth-order valence-corrected chi connectivity index (χ4v) is 2.96. The second-order valence-electron chi connectivity index (χ2n) is 5.54. The SMILES string of the molecule is COc1ccc2nc(-c3cc4cc(Cl)ccc4o3)cc(C(=O)O)c2c1. The Balaban J connectivity index is 1.95. The zero-order chi connectivity index (χ0) is 17.6. The highest BCUT2D eigenvalue weighted by molar-refractivity contribution is 6.31. The predicted molar refractivity (Wildman–Crippen MR) is 95.5 cm³/mol. The van der Waals surface area contributed by atoms with Gasteiger partial charge in [-0.05, 0) is 48.5 Å². The van der Waals surface area contributed by atoms with E-state index in [1.807, 2.05) is 0 Å². The molecule has 4 aromatic rings. The number of methoxy groups -OCH3 is 1. The van der Waals surface area contributed by atoms with Gasteiger partial charge in [-0.2, -0.15) is 0 Å². The van der Waals surface area contributed by atoms with E-state index in [9.17, 15) is 9.90 Å². The van der Waals surface area contributed by atoms with Crippen LogP contribution in [0.1, 0.15) is 10.4 Å². The van der Waals surface area contributed by atoms with Crippen LogP contribution in [-0.2, 0) is 0 Å². The van der Waals surface area contributed by atoms with Crippen molar-refractivity contribution in [2.75, 3.05) is 7.11 Å². The molecule has 2 aromatic carbocycles. The zero-order valence-electron chi connectivity index (χ0n) is 13.1. The first-order valence-corrected chi connectivity index (χ1v) is 7.84. The van der Waals surface area contributed by atoms with Crippen molar-refractivity contribution in [2.45, 2.75) is 0 Å². The second kappa shape index (κ2) is 5.79. The Kier molecular flexibility index (Phi) is 3.58. The van der Waals surface area contributed by atoms with Crippen LogP contribution in [0.15, 0.2) is 52.9 Å². The largest absolute Gasteiger partial charge is 0.497 e. The van der Waals surface area contributed by atoms with E-state index in [2.05, 4.69) is 4.98 Å². The Bertz CT molecular complexity index is 1130. The van der Waals surface area contributed by atoms with E-state index in [0.29, 0.717) is 38.7 Å². The summed E-state index contributed by atoms with van der Waals surface area (Å²) in [6.07, 6.45) is 0. The summed E-state index contributed by atoms with van der Waals surface area (Å²) in [5.41, 5.74) is 1.79. The third-order valence-electron chi connectivity index (χ3n) is 3.98. The van der Waals surface area contributed by atoms with E-state index in [4.69, 9.17) is 20.8 Å². The summed E-state index contributed by atoms with van der Waals surface area (Å²) >= 11 is 6.00. The van der Waals surface area contributed by atoms with Gasteiger partial charge in [-0.15, -0.1) is 0 Å². The van der Waals surface area contributed by atoms with Crippen LogP contribution in [0.2, 0.25) is 5.02 Å². The average Bonchev–Trinajstić information content (AvgIpc) is 3.03. The fourth-order valence-electron chi connectivity index (χ4n) is 2.78. The zero-order valence-corrected chi connectivity index (χ0v) is 13.9. The number of benzene rings is 2. The number of carboxylic acid groups (broad SMARTS) is 1. The van der Waals surface area contributed by atoms with Crippen molar-refractivity contribution < 1.29 is 19.1 Å². The minimum absolute atomic E-state index is 0.136. The molecule has 0 bridgehead atoms. The van der Waals surface area contributed by atoms with Crippen LogP contribution in [0, 0.1) is 0 Å². The monoisotopic (exact) mass is 353 g/mol. The summed E-state index contributed by atoms with van der Waals surface area (Å²) < 4.78 is 11.0. The summed E-state index contributed by atoms with van der Waals surface area (Å²) in [5, 5.41) is 11.5. The Morgan fingerprint density at radius 1 is 1.16 bits per heavy atom. The molecule has 2 aromatic heterocycles. The summed E-state index contributed by atoms with van der Waals surface area (Å²) in [6.45, 7) is 0. The van der Waals surface area contributed by atoms with Gasteiger partial charge in [0, 0.05) is 15.8 Å². The molecule has 1 N–H and O–H groups in total. The molecule has 0 spiro atoms. The van der Waals surface area contributed by atoms with E-state index < -0.39 is 5.97 Å². The summed E-state index contributed by atoms with van der Waals surface area (Å²) in [6, 6.07) is 13.7. The Hall–Kier alpha value is -3.05. The van der Waals surface area contributed by atoms with Gasteiger partial charge in [-0.3, -0.25) is 0 Å². The van der Waals surface area contributed by atoms with Crippen molar-refractivity contribution in [3.05, 3.63) is 59.1 Å². The van der Waals surface area contributed by atoms with E-state index in [0.717, 1.165) is 5.39 Å². The molecule has 0 aliphatic heterocycles. The molecule has 0 aliphatic rings. The minimum atomic E-state index is -1.04. The maximum atomic E-state index is 11.7. The van der Waals surface area contributed by atoms with Crippen LogP contribution in [0.3, 0.4) is 0 Å². The van der Waals surface area contributed by atoms with Gasteiger partial charge >= 0.3 is 5.97 Å². The summed E-state index contributed by atoms with van der Waals surface area (Å²) in [4.78, 5) is 16.2. The minimum Gasteiger partial charge on any atom is -0.497 e. The number of furan rings is 1. The molecule has 0 amide bonds. The standard InChI is InChI=1S/C19H12ClNO4/c1-24-12-3-4-15-13(8-12)14(19(22)23)9-16(21-15)18-7-10-6-11(20)2-5-17(10)25-18/h2-9H,1H3,(H,22,23). The maximum Gasteiger partial charge on any atom is 0.336 e. The van der Waals surface area contributed by atoms with E-state index in [-0.39, 0.29) is 5.56 Å². The Morgan fingerprint density at radius 2 is 2.00 bits per heavy atom. The highest BCUT2D eigenvalue weighted by Gasteiger charge is 2.16. The molecule has 6 heteroatoms. The third kappa shape index (κ3) is 2.68. The lowest BCUT2D eigenvalue weighted by atomic mass is 10.1. The van der Waals surface area contributed by atoms with Crippen LogP contribution < -0.4 is 4.74 Å². The number of halogens is 1. The summed E-state index contributed by atoms with van der Waals surface area (Å²) in [7, 11) is 1.53. The maximum absolute atomic E-state index is 11.7. The van der Waals surface area contributed by atoms with Crippen LogP contribution in [0.4, 0.5) is 0 Å². The number of carbonyl (C=O) groups is 1. The predicted octanol–water partition coefficient (Wildman–Crippen LogP) is 5.01. The van der Waals surface area contributed by atoms with E-state index in [1.54, 1.807) is 42.5 Å². The molecule has 0 radical (unpaired) electrons. The molecular formula is C19H12ClNO4. The molecular weight excluding hydrogens is 342 g/mol. The van der Waals surface area contributed by atoms with Crippen molar-refractivity contribution in [2.24, 2.45) is 0 Å². The number of carboxylic acids is 1. The molecule has 2 heterocycles. The number of hydrogen-bond donors (Lipinski definition) is 1. The molecule has 5 nitrogen and oxygen atoms in total. The quantitative estimate of drug-likeness (QED) is 0.560. The van der Waals surface area contributed by atoms with Crippen molar-refractivity contribution >= 4 is 39.4 Å². The van der Waals surface area contributed by atoms with Gasteiger partial charge in [0.1, 0.15) is 17.0 Å². The smallest absolute Gasteiger partial charge is 0.336 e. The number of ether oxygens (including phenoxy) is 1. The Morgan fingerprint density at radius 3 is 2.76 bits per heavy atom. The fraction of sp³-hybridized carbons (Fsp3) is 0.0526. The normalized spacial score (nSPS) is 11.1. The van der Waals surface area contributed by atoms with Gasteiger partial charge in [0.25, 0.3) is 0 Å². The van der Waals surface area contributed by atoms with Gasteiger partial charge in [0.15, 0.2) is 5.76 Å². The van der Waals surface area contributed by atoms with Crippen LogP contribution in [-0.4, -0.2) is 23.2 Å². The number of nitrogens with zero attached hydrogens (tertiary/aromatic N) is 1. The average molecular weight is 354 g/mol. The second-order valence-corrected chi connectivity index (χ2v) is 5.97. The number of aromatic carboxylic acids is 1. The van der Waals surface area contributed by atoms with Crippen LogP contribution in [0.25, 0.3) is 33.3 Å². The third-order valence-corrected chi connectivity index (χ3v) is 4.21. The van der Waals surface area contributed by atoms with Crippen LogP contribution >= 0.6 is 11.6 Å². The van der Waals surface area contributed by atoms with E-state index >= 15 is 0 Å². The number of rotatable bonds is 3. The van der Waals surface area contributed by atoms with E-state index in [1.165, 1.54) is 13.2 Å². The molecule has 124 valence electrons. The molecule has 0 saturated heterocycles. The molecule has 0 atom stereocenters. The van der Waals surface area contributed by atoms with Crippen molar-refractivity contribution in [1.29, 1.82) is 0 Å². The molecule has 25 heavy (non-hydrogen) atoms. The first-order valence-electron chi connectivity index (χ1n) is 7.47. The highest BCUT2D eigenvalue weighted by Crippen LogP contribution is 2.32. The van der Waals surface area contributed by atoms with Crippen molar-refractivity contribution in [3.8, 4) is 17.2 Å². The first kappa shape index (κ1) is 15.5. The van der Waals surface area contributed by atoms with Crippen molar-refractivity contribution in [3.63, 3.8) is 0 Å². The highest BCUT2D eigenvalue weighted by atomic mass is 35.5. The Labute approximate surface area is 147 Å².